The molecular formula is C28H27N5O2. The molecule has 3 aromatic carbocycles. The van der Waals surface area contributed by atoms with E-state index in [4.69, 9.17) is 0 Å². The van der Waals surface area contributed by atoms with Crippen LogP contribution >= 0.6 is 0 Å². The Morgan fingerprint density at radius 2 is 1.54 bits per heavy atom. The van der Waals surface area contributed by atoms with Gasteiger partial charge in [-0.05, 0) is 41.7 Å². The quantitative estimate of drug-likeness (QED) is 0.417. The van der Waals surface area contributed by atoms with Crippen LogP contribution in [0.5, 0.6) is 0 Å². The normalized spacial score (nSPS) is 14.7. The lowest BCUT2D eigenvalue weighted by Crippen LogP contribution is -2.50. The first kappa shape index (κ1) is 22.5. The summed E-state index contributed by atoms with van der Waals surface area (Å²) in [6.07, 6.45) is 3.60. The number of likely N-dealkylation sites (N-methyl/N-ethyl adjacent to an activating group) is 1. The fourth-order valence-corrected chi connectivity index (χ4v) is 4.37. The standard InChI is InChI=1S/C28H27N5O2/c1-29-26(34)25(30-27(35)28(16-17-28)22-10-6-3-7-11-22)18-23-19-33(32-31-23)24-14-12-21(13-15-24)20-8-4-2-5-9-20/h2-15,19,25H,16-18H2,1H3,(H,29,34)(H,30,35). The van der Waals surface area contributed by atoms with Gasteiger partial charge >= 0.3 is 0 Å². The molecule has 2 amide bonds. The first-order valence-corrected chi connectivity index (χ1v) is 11.7. The second kappa shape index (κ2) is 9.54. The number of amides is 2. The van der Waals surface area contributed by atoms with Crippen molar-refractivity contribution in [3.05, 3.63) is 102 Å². The van der Waals surface area contributed by atoms with Crippen molar-refractivity contribution in [2.75, 3.05) is 7.05 Å². The first-order chi connectivity index (χ1) is 17.1. The summed E-state index contributed by atoms with van der Waals surface area (Å²) in [6, 6.07) is 27.2. The molecule has 4 aromatic rings. The highest BCUT2D eigenvalue weighted by Crippen LogP contribution is 2.48. The van der Waals surface area contributed by atoms with Crippen LogP contribution in [-0.2, 0) is 21.4 Å². The van der Waals surface area contributed by atoms with E-state index >= 15 is 0 Å². The number of carbonyl (C=O) groups excluding carboxylic acids is 2. The zero-order valence-corrected chi connectivity index (χ0v) is 19.5. The van der Waals surface area contributed by atoms with Crippen molar-refractivity contribution in [1.29, 1.82) is 0 Å². The summed E-state index contributed by atoms with van der Waals surface area (Å²) in [5.41, 5.74) is 4.18. The zero-order chi connectivity index (χ0) is 24.3. The molecule has 2 N–H and O–H groups in total. The fraction of sp³-hybridized carbons (Fsp3) is 0.214. The smallest absolute Gasteiger partial charge is 0.242 e. The van der Waals surface area contributed by atoms with Gasteiger partial charge in [0.1, 0.15) is 6.04 Å². The lowest BCUT2D eigenvalue weighted by atomic mass is 9.94. The molecule has 0 bridgehead atoms. The molecule has 1 unspecified atom stereocenters. The van der Waals surface area contributed by atoms with Crippen molar-refractivity contribution >= 4 is 11.8 Å². The van der Waals surface area contributed by atoms with Crippen molar-refractivity contribution in [2.24, 2.45) is 0 Å². The molecule has 1 aliphatic carbocycles. The third-order valence-electron chi connectivity index (χ3n) is 6.57. The number of carbonyl (C=O) groups is 2. The van der Waals surface area contributed by atoms with Gasteiger partial charge in [0.05, 0.1) is 23.0 Å². The second-order valence-corrected chi connectivity index (χ2v) is 8.86. The van der Waals surface area contributed by atoms with Crippen LogP contribution < -0.4 is 10.6 Å². The largest absolute Gasteiger partial charge is 0.357 e. The summed E-state index contributed by atoms with van der Waals surface area (Å²) in [6.45, 7) is 0. The number of benzene rings is 3. The molecule has 0 saturated heterocycles. The average molecular weight is 466 g/mol. The Hall–Kier alpha value is -4.26. The molecule has 176 valence electrons. The van der Waals surface area contributed by atoms with E-state index in [1.165, 1.54) is 0 Å². The molecule has 0 radical (unpaired) electrons. The molecule has 7 nitrogen and oxygen atoms in total. The Morgan fingerprint density at radius 1 is 0.914 bits per heavy atom. The molecule has 1 aromatic heterocycles. The van der Waals surface area contributed by atoms with Crippen LogP contribution in [0.25, 0.3) is 16.8 Å². The Kier molecular flexibility index (Phi) is 6.14. The number of aromatic nitrogens is 3. The molecule has 0 aliphatic heterocycles. The van der Waals surface area contributed by atoms with Crippen LogP contribution in [0.2, 0.25) is 0 Å². The maximum absolute atomic E-state index is 13.2. The SMILES string of the molecule is CNC(=O)C(Cc1cn(-c2ccc(-c3ccccc3)cc2)nn1)NC(=O)C1(c2ccccc2)CC1. The summed E-state index contributed by atoms with van der Waals surface area (Å²) >= 11 is 0. The highest BCUT2D eigenvalue weighted by atomic mass is 16.2. The molecule has 1 saturated carbocycles. The van der Waals surface area contributed by atoms with E-state index in [9.17, 15) is 9.59 Å². The zero-order valence-electron chi connectivity index (χ0n) is 19.5. The number of nitrogens with zero attached hydrogens (tertiary/aromatic N) is 3. The van der Waals surface area contributed by atoms with Gasteiger partial charge in [0.15, 0.2) is 0 Å². The lowest BCUT2D eigenvalue weighted by Gasteiger charge is -2.21. The average Bonchev–Trinajstić information content (AvgIpc) is 3.61. The molecule has 0 spiro atoms. The van der Waals surface area contributed by atoms with Gasteiger partial charge in [0.25, 0.3) is 0 Å². The molecule has 35 heavy (non-hydrogen) atoms. The minimum atomic E-state index is -0.737. The second-order valence-electron chi connectivity index (χ2n) is 8.86. The van der Waals surface area contributed by atoms with Crippen LogP contribution in [0.15, 0.2) is 91.1 Å². The molecule has 7 heteroatoms. The highest BCUT2D eigenvalue weighted by molar-refractivity contribution is 5.95. The van der Waals surface area contributed by atoms with Crippen molar-refractivity contribution < 1.29 is 9.59 Å². The van der Waals surface area contributed by atoms with E-state index in [-0.39, 0.29) is 18.2 Å². The molecule has 1 fully saturated rings. The van der Waals surface area contributed by atoms with Crippen molar-refractivity contribution in [2.45, 2.75) is 30.7 Å². The van der Waals surface area contributed by atoms with Crippen molar-refractivity contribution in [1.82, 2.24) is 25.6 Å². The molecule has 1 heterocycles. The summed E-state index contributed by atoms with van der Waals surface area (Å²) in [5.74, 6) is -0.384. The Morgan fingerprint density at radius 3 is 2.17 bits per heavy atom. The molecule has 1 aliphatic rings. The number of hydrogen-bond donors (Lipinski definition) is 2. The Bertz CT molecular complexity index is 1310. The lowest BCUT2D eigenvalue weighted by molar-refractivity contribution is -0.130. The van der Waals surface area contributed by atoms with E-state index in [0.29, 0.717) is 5.69 Å². The minimum Gasteiger partial charge on any atom is -0.357 e. The monoisotopic (exact) mass is 465 g/mol. The molecule has 1 atom stereocenters. The van der Waals surface area contributed by atoms with E-state index in [0.717, 1.165) is 35.2 Å². The maximum atomic E-state index is 13.2. The Balaban J connectivity index is 1.30. The molecule has 5 rings (SSSR count). The van der Waals surface area contributed by atoms with Gasteiger partial charge in [-0.15, -0.1) is 5.10 Å². The topological polar surface area (TPSA) is 88.9 Å². The Labute approximate surface area is 204 Å². The highest BCUT2D eigenvalue weighted by Gasteiger charge is 2.51. The third kappa shape index (κ3) is 4.71. The van der Waals surface area contributed by atoms with Gasteiger partial charge in [-0.3, -0.25) is 9.59 Å². The van der Waals surface area contributed by atoms with Gasteiger partial charge in [0.2, 0.25) is 11.8 Å². The fourth-order valence-electron chi connectivity index (χ4n) is 4.37. The van der Waals surface area contributed by atoms with Crippen molar-refractivity contribution in [3.8, 4) is 16.8 Å². The van der Waals surface area contributed by atoms with Crippen LogP contribution in [0.4, 0.5) is 0 Å². The van der Waals surface area contributed by atoms with E-state index in [1.807, 2.05) is 72.8 Å². The van der Waals surface area contributed by atoms with Gasteiger partial charge in [-0.25, -0.2) is 4.68 Å². The minimum absolute atomic E-state index is 0.124. The predicted octanol–water partition coefficient (Wildman–Crippen LogP) is 3.44. The van der Waals surface area contributed by atoms with Crippen LogP contribution in [-0.4, -0.2) is 39.9 Å². The number of nitrogens with one attached hydrogen (secondary N) is 2. The van der Waals surface area contributed by atoms with Gasteiger partial charge in [0, 0.05) is 13.5 Å². The summed E-state index contributed by atoms with van der Waals surface area (Å²) in [4.78, 5) is 25.8. The predicted molar refractivity (Wildman–Crippen MR) is 134 cm³/mol. The first-order valence-electron chi connectivity index (χ1n) is 11.7. The summed E-state index contributed by atoms with van der Waals surface area (Å²) < 4.78 is 1.68. The van der Waals surface area contributed by atoms with Gasteiger partial charge in [-0.2, -0.15) is 0 Å². The maximum Gasteiger partial charge on any atom is 0.242 e. The van der Waals surface area contributed by atoms with Crippen molar-refractivity contribution in [3.63, 3.8) is 0 Å². The van der Waals surface area contributed by atoms with E-state index < -0.39 is 11.5 Å². The van der Waals surface area contributed by atoms with Crippen LogP contribution in [0, 0.1) is 0 Å². The van der Waals surface area contributed by atoms with E-state index in [1.54, 1.807) is 17.9 Å². The number of rotatable bonds is 8. The summed E-state index contributed by atoms with van der Waals surface area (Å²) in [7, 11) is 1.57. The number of hydrogen-bond acceptors (Lipinski definition) is 4. The van der Waals surface area contributed by atoms with Gasteiger partial charge in [-0.1, -0.05) is 78.0 Å². The van der Waals surface area contributed by atoms with Crippen LogP contribution in [0.1, 0.15) is 24.1 Å². The molecular weight excluding hydrogens is 438 g/mol. The van der Waals surface area contributed by atoms with Crippen LogP contribution in [0.3, 0.4) is 0 Å². The van der Waals surface area contributed by atoms with E-state index in [2.05, 4.69) is 33.1 Å². The summed E-state index contributed by atoms with van der Waals surface area (Å²) in [5, 5.41) is 14.1. The third-order valence-corrected chi connectivity index (χ3v) is 6.57. The van der Waals surface area contributed by atoms with Gasteiger partial charge < -0.3 is 10.6 Å².